The SMILES string of the molecule is O=C(N1CCC1)C1(n2cccn2)CCN(CC2CCCCC2)CC1. The second-order valence-corrected chi connectivity index (χ2v) is 7.93. The van der Waals surface area contributed by atoms with Crippen molar-refractivity contribution in [3.05, 3.63) is 18.5 Å². The zero-order valence-corrected chi connectivity index (χ0v) is 14.7. The van der Waals surface area contributed by atoms with Gasteiger partial charge in [0.2, 0.25) is 0 Å². The molecular weight excluding hydrogens is 300 g/mol. The van der Waals surface area contributed by atoms with Crippen LogP contribution in [0, 0.1) is 5.92 Å². The van der Waals surface area contributed by atoms with E-state index < -0.39 is 5.54 Å². The van der Waals surface area contributed by atoms with E-state index >= 15 is 0 Å². The van der Waals surface area contributed by atoms with Gasteiger partial charge in [0.1, 0.15) is 5.54 Å². The molecule has 2 saturated heterocycles. The second kappa shape index (κ2) is 6.87. The van der Waals surface area contributed by atoms with E-state index in [0.29, 0.717) is 5.91 Å². The number of rotatable bonds is 4. The standard InChI is InChI=1S/C19H30N4O/c24-18(22-11-5-12-22)19(23-13-4-10-20-23)8-14-21(15-9-19)16-17-6-2-1-3-7-17/h4,10,13,17H,1-3,5-9,11-12,14-16H2. The smallest absolute Gasteiger partial charge is 0.250 e. The average Bonchev–Trinajstić information content (AvgIpc) is 3.10. The van der Waals surface area contributed by atoms with Gasteiger partial charge in [0.05, 0.1) is 0 Å². The first kappa shape index (κ1) is 16.1. The summed E-state index contributed by atoms with van der Waals surface area (Å²) >= 11 is 0. The molecule has 0 spiro atoms. The number of carbonyl (C=O) groups excluding carboxylic acids is 1. The monoisotopic (exact) mass is 330 g/mol. The predicted molar refractivity (Wildman–Crippen MR) is 93.6 cm³/mol. The topological polar surface area (TPSA) is 41.4 Å². The fraction of sp³-hybridized carbons (Fsp3) is 0.789. The van der Waals surface area contributed by atoms with Crippen molar-refractivity contribution in [1.29, 1.82) is 0 Å². The van der Waals surface area contributed by atoms with E-state index in [9.17, 15) is 4.79 Å². The molecule has 5 heteroatoms. The molecule has 24 heavy (non-hydrogen) atoms. The van der Waals surface area contributed by atoms with Crippen molar-refractivity contribution in [1.82, 2.24) is 19.6 Å². The Bertz CT molecular complexity index is 538. The molecule has 0 radical (unpaired) electrons. The van der Waals surface area contributed by atoms with Crippen molar-refractivity contribution < 1.29 is 4.79 Å². The summed E-state index contributed by atoms with van der Waals surface area (Å²) < 4.78 is 1.95. The molecule has 0 bridgehead atoms. The summed E-state index contributed by atoms with van der Waals surface area (Å²) in [4.78, 5) is 17.8. The van der Waals surface area contributed by atoms with Crippen molar-refractivity contribution in [2.45, 2.75) is 56.9 Å². The molecule has 0 N–H and O–H groups in total. The van der Waals surface area contributed by atoms with Crippen LogP contribution in [0.1, 0.15) is 51.4 Å². The van der Waals surface area contributed by atoms with E-state index in [4.69, 9.17) is 0 Å². The van der Waals surface area contributed by atoms with Crippen LogP contribution in [0.4, 0.5) is 0 Å². The summed E-state index contributed by atoms with van der Waals surface area (Å²) in [5, 5.41) is 4.47. The number of nitrogens with zero attached hydrogens (tertiary/aromatic N) is 4. The van der Waals surface area contributed by atoms with Gasteiger partial charge >= 0.3 is 0 Å². The van der Waals surface area contributed by atoms with E-state index in [1.54, 1.807) is 6.20 Å². The molecule has 0 unspecified atom stereocenters. The van der Waals surface area contributed by atoms with E-state index in [-0.39, 0.29) is 0 Å². The van der Waals surface area contributed by atoms with Gasteiger partial charge in [0.15, 0.2) is 0 Å². The maximum absolute atomic E-state index is 13.1. The fourth-order valence-electron chi connectivity index (χ4n) is 4.72. The maximum Gasteiger partial charge on any atom is 0.250 e. The molecular formula is C19H30N4O. The first-order valence-corrected chi connectivity index (χ1v) is 9.80. The zero-order valence-electron chi connectivity index (χ0n) is 14.7. The Kier molecular flexibility index (Phi) is 4.61. The second-order valence-electron chi connectivity index (χ2n) is 7.93. The van der Waals surface area contributed by atoms with Gasteiger partial charge in [-0.05, 0) is 44.1 Å². The van der Waals surface area contributed by atoms with Gasteiger partial charge in [-0.3, -0.25) is 9.48 Å². The molecule has 132 valence electrons. The van der Waals surface area contributed by atoms with Gasteiger partial charge in [-0.15, -0.1) is 0 Å². The summed E-state index contributed by atoms with van der Waals surface area (Å²) in [5.41, 5.74) is -0.438. The van der Waals surface area contributed by atoms with Crippen LogP contribution in [0.15, 0.2) is 18.5 Å². The first-order chi connectivity index (χ1) is 11.8. The molecule has 0 aromatic carbocycles. The summed E-state index contributed by atoms with van der Waals surface area (Å²) in [6, 6.07) is 1.94. The van der Waals surface area contributed by atoms with Gasteiger partial charge in [-0.2, -0.15) is 5.10 Å². The summed E-state index contributed by atoms with van der Waals surface area (Å²) in [6.07, 6.45) is 13.8. The molecule has 3 fully saturated rings. The van der Waals surface area contributed by atoms with E-state index in [1.165, 1.54) is 38.6 Å². The highest BCUT2D eigenvalue weighted by Crippen LogP contribution is 2.34. The van der Waals surface area contributed by atoms with Crippen molar-refractivity contribution >= 4 is 5.91 Å². The fourth-order valence-corrected chi connectivity index (χ4v) is 4.72. The van der Waals surface area contributed by atoms with Crippen LogP contribution in [-0.4, -0.2) is 58.2 Å². The van der Waals surface area contributed by atoms with Crippen LogP contribution in [-0.2, 0) is 10.3 Å². The molecule has 1 aromatic rings. The molecule has 5 nitrogen and oxygen atoms in total. The van der Waals surface area contributed by atoms with E-state index in [0.717, 1.165) is 51.4 Å². The lowest BCUT2D eigenvalue weighted by Crippen LogP contribution is -2.59. The Morgan fingerprint density at radius 3 is 2.38 bits per heavy atom. The van der Waals surface area contributed by atoms with Gasteiger partial charge in [0.25, 0.3) is 5.91 Å². The first-order valence-electron chi connectivity index (χ1n) is 9.80. The minimum absolute atomic E-state index is 0.301. The maximum atomic E-state index is 13.1. The lowest BCUT2D eigenvalue weighted by Gasteiger charge is -2.46. The van der Waals surface area contributed by atoms with Gasteiger partial charge in [-0.1, -0.05) is 19.3 Å². The highest BCUT2D eigenvalue weighted by molar-refractivity contribution is 5.85. The normalized spacial score (nSPS) is 25.4. The van der Waals surface area contributed by atoms with Crippen LogP contribution in [0.5, 0.6) is 0 Å². The highest BCUT2D eigenvalue weighted by Gasteiger charge is 2.46. The minimum Gasteiger partial charge on any atom is -0.340 e. The highest BCUT2D eigenvalue weighted by atomic mass is 16.2. The number of piperidine rings is 1. The quantitative estimate of drug-likeness (QED) is 0.852. The van der Waals surface area contributed by atoms with Crippen LogP contribution in [0.2, 0.25) is 0 Å². The van der Waals surface area contributed by atoms with Crippen molar-refractivity contribution in [3.8, 4) is 0 Å². The molecule has 1 aliphatic carbocycles. The van der Waals surface area contributed by atoms with Crippen molar-refractivity contribution in [3.63, 3.8) is 0 Å². The van der Waals surface area contributed by atoms with Crippen molar-refractivity contribution in [2.75, 3.05) is 32.7 Å². The predicted octanol–water partition coefficient (Wildman–Crippen LogP) is 2.49. The molecule has 3 heterocycles. The summed E-state index contributed by atoms with van der Waals surface area (Å²) in [5.74, 6) is 1.18. The van der Waals surface area contributed by atoms with Crippen LogP contribution < -0.4 is 0 Å². The molecule has 1 aromatic heterocycles. The minimum atomic E-state index is -0.438. The van der Waals surface area contributed by atoms with E-state index in [2.05, 4.69) is 10.00 Å². The Morgan fingerprint density at radius 2 is 1.79 bits per heavy atom. The lowest BCUT2D eigenvalue weighted by atomic mass is 9.83. The molecule has 1 amide bonds. The third-order valence-electron chi connectivity index (χ3n) is 6.41. The van der Waals surface area contributed by atoms with Crippen LogP contribution in [0.25, 0.3) is 0 Å². The van der Waals surface area contributed by atoms with Gasteiger partial charge in [-0.25, -0.2) is 0 Å². The number of hydrogen-bond acceptors (Lipinski definition) is 3. The Hall–Kier alpha value is -1.36. The van der Waals surface area contributed by atoms with E-state index in [1.807, 2.05) is 21.8 Å². The number of hydrogen-bond donors (Lipinski definition) is 0. The third-order valence-corrected chi connectivity index (χ3v) is 6.41. The van der Waals surface area contributed by atoms with Crippen molar-refractivity contribution in [2.24, 2.45) is 5.92 Å². The van der Waals surface area contributed by atoms with Crippen LogP contribution in [0.3, 0.4) is 0 Å². The third kappa shape index (κ3) is 2.99. The summed E-state index contributed by atoms with van der Waals surface area (Å²) in [6.45, 7) is 5.13. The molecule has 0 atom stereocenters. The number of carbonyl (C=O) groups is 1. The van der Waals surface area contributed by atoms with Crippen LogP contribution >= 0.6 is 0 Å². The number of amides is 1. The summed E-state index contributed by atoms with van der Waals surface area (Å²) in [7, 11) is 0. The number of aromatic nitrogens is 2. The Balaban J connectivity index is 1.43. The largest absolute Gasteiger partial charge is 0.340 e. The zero-order chi connectivity index (χ0) is 16.4. The molecule has 3 aliphatic rings. The lowest BCUT2D eigenvalue weighted by molar-refractivity contribution is -0.148. The molecule has 2 aliphatic heterocycles. The number of likely N-dealkylation sites (tertiary alicyclic amines) is 2. The average molecular weight is 330 g/mol. The Morgan fingerprint density at radius 1 is 1.04 bits per heavy atom. The Labute approximate surface area is 145 Å². The molecule has 4 rings (SSSR count). The van der Waals surface area contributed by atoms with Gasteiger partial charge in [0, 0.05) is 45.1 Å². The molecule has 1 saturated carbocycles. The van der Waals surface area contributed by atoms with Gasteiger partial charge < -0.3 is 9.80 Å².